The van der Waals surface area contributed by atoms with Crippen LogP contribution in [0.5, 0.6) is 0 Å². The Bertz CT molecular complexity index is 821. The summed E-state index contributed by atoms with van der Waals surface area (Å²) in [5.41, 5.74) is 2.65. The van der Waals surface area contributed by atoms with E-state index >= 15 is 0 Å². The fourth-order valence-electron chi connectivity index (χ4n) is 4.11. The Morgan fingerprint density at radius 1 is 1.39 bits per heavy atom. The zero-order chi connectivity index (χ0) is 18.8. The highest BCUT2D eigenvalue weighted by Crippen LogP contribution is 2.41. The highest BCUT2D eigenvalue weighted by atomic mass is 127. The molecule has 152 valence electrons. The first-order chi connectivity index (χ1) is 13.1. The number of aliphatic imine (C=N–C) groups is 1. The van der Waals surface area contributed by atoms with E-state index in [2.05, 4.69) is 40.6 Å². The molecule has 28 heavy (non-hydrogen) atoms. The normalized spacial score (nSPS) is 24.2. The first-order valence-electron chi connectivity index (χ1n) is 9.91. The predicted octanol–water partition coefficient (Wildman–Crippen LogP) is 4.08. The molecule has 0 radical (unpaired) electrons. The van der Waals surface area contributed by atoms with Crippen molar-refractivity contribution in [3.63, 3.8) is 0 Å². The maximum Gasteiger partial charge on any atom is 0.194 e. The molecular weight excluding hydrogens is 485 g/mol. The summed E-state index contributed by atoms with van der Waals surface area (Å²) >= 11 is 6.15. The molecule has 1 saturated carbocycles. The van der Waals surface area contributed by atoms with Crippen molar-refractivity contribution in [2.24, 2.45) is 18.0 Å². The summed E-state index contributed by atoms with van der Waals surface area (Å²) in [5.74, 6) is 2.28. The molecule has 1 N–H and O–H groups in total. The average Bonchev–Trinajstić information content (AvgIpc) is 3.04. The molecule has 1 aliphatic heterocycles. The Balaban J connectivity index is 0.00000225. The molecule has 0 amide bonds. The van der Waals surface area contributed by atoms with Gasteiger partial charge < -0.3 is 10.2 Å². The van der Waals surface area contributed by atoms with Gasteiger partial charge in [0.05, 0.1) is 6.20 Å². The Labute approximate surface area is 189 Å². The molecule has 2 heterocycles. The van der Waals surface area contributed by atoms with Gasteiger partial charge in [0.15, 0.2) is 5.96 Å². The lowest BCUT2D eigenvalue weighted by atomic mass is 10.0. The largest absolute Gasteiger partial charge is 0.353 e. The van der Waals surface area contributed by atoms with Gasteiger partial charge in [-0.05, 0) is 55.4 Å². The van der Waals surface area contributed by atoms with Crippen LogP contribution in [0.2, 0.25) is 5.02 Å². The predicted molar refractivity (Wildman–Crippen MR) is 126 cm³/mol. The van der Waals surface area contributed by atoms with Crippen LogP contribution in [0.4, 0.5) is 0 Å². The maximum atomic E-state index is 6.15. The number of likely N-dealkylation sites (tertiary alicyclic amines) is 1. The molecule has 0 bridgehead atoms. The average molecular weight is 514 g/mol. The lowest BCUT2D eigenvalue weighted by Gasteiger charge is -2.22. The molecule has 3 atom stereocenters. The Hall–Kier alpha value is -1.28. The van der Waals surface area contributed by atoms with Crippen molar-refractivity contribution < 1.29 is 0 Å². The molecular formula is C21H29ClIN5. The molecule has 2 fully saturated rings. The summed E-state index contributed by atoms with van der Waals surface area (Å²) in [6.45, 7) is 5.05. The minimum atomic E-state index is 0. The molecule has 7 heteroatoms. The second-order valence-corrected chi connectivity index (χ2v) is 8.21. The fraction of sp³-hybridized carbons (Fsp3) is 0.524. The van der Waals surface area contributed by atoms with Gasteiger partial charge in [0.2, 0.25) is 0 Å². The quantitative estimate of drug-likeness (QED) is 0.372. The van der Waals surface area contributed by atoms with Gasteiger partial charge in [0, 0.05) is 49.9 Å². The van der Waals surface area contributed by atoms with E-state index in [0.717, 1.165) is 43.5 Å². The Kier molecular flexibility index (Phi) is 7.25. The second kappa shape index (κ2) is 9.48. The van der Waals surface area contributed by atoms with E-state index in [-0.39, 0.29) is 24.0 Å². The number of aromatic nitrogens is 2. The summed E-state index contributed by atoms with van der Waals surface area (Å²) in [6, 6.07) is 8.70. The summed E-state index contributed by atoms with van der Waals surface area (Å²) in [7, 11) is 1.98. The lowest BCUT2D eigenvalue weighted by Crippen LogP contribution is -2.41. The Morgan fingerprint density at radius 3 is 2.96 bits per heavy atom. The molecule has 5 nitrogen and oxygen atoms in total. The number of hydrogen-bond donors (Lipinski definition) is 1. The third kappa shape index (κ3) is 5.20. The standard InChI is InChI=1S/C21H28ClN5.HI/c1-3-23-21(25-20-11-19(20)17-5-4-6-18(22)10-17)27-8-7-15(14-27)9-16-12-24-26(2)13-16;/h4-6,10,12-13,15,19-20H,3,7-9,11,14H2,1-2H3,(H,23,25);1H. The number of nitrogens with one attached hydrogen (secondary N) is 1. The molecule has 1 aromatic carbocycles. The summed E-state index contributed by atoms with van der Waals surface area (Å²) in [5, 5.41) is 8.82. The van der Waals surface area contributed by atoms with Gasteiger partial charge in [0.1, 0.15) is 0 Å². The van der Waals surface area contributed by atoms with Crippen LogP contribution >= 0.6 is 35.6 Å². The minimum absolute atomic E-state index is 0. The summed E-state index contributed by atoms with van der Waals surface area (Å²) < 4.78 is 1.89. The molecule has 1 saturated heterocycles. The maximum absolute atomic E-state index is 6.15. The van der Waals surface area contributed by atoms with Crippen LogP contribution in [0.1, 0.15) is 36.8 Å². The molecule has 0 spiro atoms. The molecule has 4 rings (SSSR count). The lowest BCUT2D eigenvalue weighted by molar-refractivity contribution is 0.458. The minimum Gasteiger partial charge on any atom is -0.353 e. The summed E-state index contributed by atoms with van der Waals surface area (Å²) in [6.07, 6.45) is 7.57. The number of nitrogens with zero attached hydrogens (tertiary/aromatic N) is 4. The molecule has 1 aliphatic carbocycles. The first kappa shape index (κ1) is 21.4. The van der Waals surface area contributed by atoms with E-state index < -0.39 is 0 Å². The van der Waals surface area contributed by atoms with Crippen LogP contribution < -0.4 is 5.32 Å². The van der Waals surface area contributed by atoms with Crippen molar-refractivity contribution in [2.45, 2.75) is 38.1 Å². The highest BCUT2D eigenvalue weighted by molar-refractivity contribution is 14.0. The van der Waals surface area contributed by atoms with Crippen molar-refractivity contribution in [1.82, 2.24) is 20.0 Å². The van der Waals surface area contributed by atoms with Crippen LogP contribution in [-0.2, 0) is 13.5 Å². The van der Waals surface area contributed by atoms with E-state index in [9.17, 15) is 0 Å². The number of halogens is 2. The van der Waals surface area contributed by atoms with E-state index in [4.69, 9.17) is 16.6 Å². The molecule has 2 aliphatic rings. The third-order valence-corrected chi connectivity index (χ3v) is 5.79. The number of rotatable bonds is 5. The molecule has 1 aromatic heterocycles. The first-order valence-corrected chi connectivity index (χ1v) is 10.3. The number of benzene rings is 1. The van der Waals surface area contributed by atoms with Crippen LogP contribution in [0.25, 0.3) is 0 Å². The SMILES string of the molecule is CCN=C(NC1CC1c1cccc(Cl)c1)N1CCC(Cc2cnn(C)c2)C1.I. The zero-order valence-corrected chi connectivity index (χ0v) is 19.6. The van der Waals surface area contributed by atoms with Gasteiger partial charge in [-0.3, -0.25) is 9.67 Å². The topological polar surface area (TPSA) is 45.5 Å². The van der Waals surface area contributed by atoms with E-state index in [1.54, 1.807) is 0 Å². The van der Waals surface area contributed by atoms with E-state index in [1.807, 2.05) is 30.1 Å². The van der Waals surface area contributed by atoms with E-state index in [0.29, 0.717) is 17.9 Å². The van der Waals surface area contributed by atoms with Crippen molar-refractivity contribution >= 4 is 41.5 Å². The van der Waals surface area contributed by atoms with E-state index in [1.165, 1.54) is 17.5 Å². The van der Waals surface area contributed by atoms with Crippen LogP contribution in [0.3, 0.4) is 0 Å². The number of guanidine groups is 1. The van der Waals surface area contributed by atoms with Crippen LogP contribution in [0, 0.1) is 5.92 Å². The number of hydrogen-bond acceptors (Lipinski definition) is 2. The Morgan fingerprint density at radius 2 is 2.25 bits per heavy atom. The monoisotopic (exact) mass is 513 g/mol. The highest BCUT2D eigenvalue weighted by Gasteiger charge is 2.40. The van der Waals surface area contributed by atoms with Gasteiger partial charge in [-0.2, -0.15) is 5.10 Å². The smallest absolute Gasteiger partial charge is 0.194 e. The van der Waals surface area contributed by atoms with Gasteiger partial charge in [-0.15, -0.1) is 24.0 Å². The van der Waals surface area contributed by atoms with Gasteiger partial charge in [-0.1, -0.05) is 23.7 Å². The van der Waals surface area contributed by atoms with Crippen molar-refractivity contribution in [3.05, 3.63) is 52.8 Å². The van der Waals surface area contributed by atoms with Crippen molar-refractivity contribution in [3.8, 4) is 0 Å². The van der Waals surface area contributed by atoms with Crippen LogP contribution in [-0.4, -0.2) is 46.3 Å². The molecule has 3 unspecified atom stereocenters. The van der Waals surface area contributed by atoms with Crippen LogP contribution in [0.15, 0.2) is 41.7 Å². The third-order valence-electron chi connectivity index (χ3n) is 5.56. The van der Waals surface area contributed by atoms with Crippen molar-refractivity contribution in [1.29, 1.82) is 0 Å². The second-order valence-electron chi connectivity index (χ2n) is 7.77. The van der Waals surface area contributed by atoms with Crippen molar-refractivity contribution in [2.75, 3.05) is 19.6 Å². The molecule has 2 aromatic rings. The zero-order valence-electron chi connectivity index (χ0n) is 16.5. The number of aryl methyl sites for hydroxylation is 1. The fourth-order valence-corrected chi connectivity index (χ4v) is 4.31. The van der Waals surface area contributed by atoms with Gasteiger partial charge in [-0.25, -0.2) is 0 Å². The van der Waals surface area contributed by atoms with Gasteiger partial charge >= 0.3 is 0 Å². The van der Waals surface area contributed by atoms with Gasteiger partial charge in [0.25, 0.3) is 0 Å². The summed E-state index contributed by atoms with van der Waals surface area (Å²) in [4.78, 5) is 7.19.